The molecule has 3 atom stereocenters. The summed E-state index contributed by atoms with van der Waals surface area (Å²) in [6.45, 7) is 28.6. The van der Waals surface area contributed by atoms with Crippen LogP contribution in [0.2, 0.25) is 36.3 Å². The molecule has 2 aromatic carbocycles. The van der Waals surface area contributed by atoms with E-state index in [9.17, 15) is 4.79 Å². The van der Waals surface area contributed by atoms with E-state index in [1.165, 1.54) is 0 Å². The lowest BCUT2D eigenvalue weighted by Gasteiger charge is -2.42. The molecule has 0 aliphatic rings. The van der Waals surface area contributed by atoms with Crippen molar-refractivity contribution in [2.75, 3.05) is 27.4 Å². The Bertz CT molecular complexity index is 1340. The number of benzene rings is 2. The zero-order valence-electron chi connectivity index (χ0n) is 33.7. The van der Waals surface area contributed by atoms with E-state index < -0.39 is 16.6 Å². The smallest absolute Gasteiger partial charge is 0.342 e. The van der Waals surface area contributed by atoms with Gasteiger partial charge in [-0.1, -0.05) is 84.9 Å². The quantitative estimate of drug-likeness (QED) is 0.0763. The Morgan fingerprint density at radius 1 is 0.860 bits per heavy atom. The first-order valence-corrected chi connectivity index (χ1v) is 24.1. The minimum Gasteiger partial charge on any atom is -0.497 e. The van der Waals surface area contributed by atoms with Gasteiger partial charge in [-0.25, -0.2) is 4.79 Å². The van der Waals surface area contributed by atoms with Crippen LogP contribution in [0.15, 0.2) is 54.6 Å². The van der Waals surface area contributed by atoms with Gasteiger partial charge in [0.05, 0.1) is 39.6 Å². The zero-order chi connectivity index (χ0) is 37.8. The molecule has 0 unspecified atom stereocenters. The van der Waals surface area contributed by atoms with E-state index >= 15 is 0 Å². The molecule has 0 aliphatic heterocycles. The van der Waals surface area contributed by atoms with Gasteiger partial charge in [0.2, 0.25) is 0 Å². The molecule has 0 saturated carbocycles. The van der Waals surface area contributed by atoms with E-state index in [0.29, 0.717) is 37.6 Å². The fourth-order valence-electron chi connectivity index (χ4n) is 5.10. The summed E-state index contributed by atoms with van der Waals surface area (Å²) in [6, 6.07) is 13.8. The van der Waals surface area contributed by atoms with Gasteiger partial charge in [0.25, 0.3) is 0 Å². The highest BCUT2D eigenvalue weighted by Gasteiger charge is 2.41. The number of methoxy groups -OCH3 is 2. The van der Waals surface area contributed by atoms with E-state index in [-0.39, 0.29) is 34.2 Å². The van der Waals surface area contributed by atoms with Crippen molar-refractivity contribution in [3.63, 3.8) is 0 Å². The van der Waals surface area contributed by atoms with E-state index in [0.717, 1.165) is 36.1 Å². The second-order valence-electron chi connectivity index (χ2n) is 16.4. The summed E-state index contributed by atoms with van der Waals surface area (Å²) >= 11 is 0. The van der Waals surface area contributed by atoms with Crippen LogP contribution in [0.4, 0.5) is 0 Å². The first-order valence-electron chi connectivity index (χ1n) is 18.3. The molecule has 7 nitrogen and oxygen atoms in total. The molecule has 0 amide bonds. The molecule has 2 aromatic rings. The van der Waals surface area contributed by atoms with Crippen LogP contribution >= 0.6 is 0 Å². The first kappa shape index (κ1) is 43.7. The highest BCUT2D eigenvalue weighted by atomic mass is 28.4. The molecule has 282 valence electrons. The first-order chi connectivity index (χ1) is 23.3. The monoisotopic (exact) mass is 728 g/mol. The van der Waals surface area contributed by atoms with Crippen molar-refractivity contribution >= 4 is 22.6 Å². The van der Waals surface area contributed by atoms with Crippen LogP contribution in [0.1, 0.15) is 96.1 Å². The number of allylic oxidation sites excluding steroid dienone is 2. The molecule has 2 rings (SSSR count). The van der Waals surface area contributed by atoms with Crippen molar-refractivity contribution in [3.8, 4) is 11.5 Å². The van der Waals surface area contributed by atoms with E-state index in [1.54, 1.807) is 20.3 Å². The van der Waals surface area contributed by atoms with Gasteiger partial charge in [0.15, 0.2) is 16.6 Å². The summed E-state index contributed by atoms with van der Waals surface area (Å²) in [4.78, 5) is 12.8. The third-order valence-corrected chi connectivity index (χ3v) is 19.6. The molecular formula is C41H68O7Si2. The van der Waals surface area contributed by atoms with Crippen LogP contribution in [-0.4, -0.2) is 62.2 Å². The predicted octanol–water partition coefficient (Wildman–Crippen LogP) is 10.8. The Labute approximate surface area is 306 Å². The van der Waals surface area contributed by atoms with Gasteiger partial charge >= 0.3 is 5.97 Å². The number of hydrogen-bond acceptors (Lipinski definition) is 7. The van der Waals surface area contributed by atoms with Gasteiger partial charge in [-0.15, -0.1) is 0 Å². The summed E-state index contributed by atoms with van der Waals surface area (Å²) in [5, 5.41) is 0.213. The second-order valence-corrected chi connectivity index (χ2v) is 26.0. The van der Waals surface area contributed by atoms with Gasteiger partial charge in [-0.3, -0.25) is 0 Å². The molecule has 50 heavy (non-hydrogen) atoms. The third-order valence-electron chi connectivity index (χ3n) is 10.6. The lowest BCUT2D eigenvalue weighted by Crippen LogP contribution is -2.46. The summed E-state index contributed by atoms with van der Waals surface area (Å²) in [5.74, 6) is 1.25. The lowest BCUT2D eigenvalue weighted by molar-refractivity contribution is -0.0154. The van der Waals surface area contributed by atoms with E-state index in [2.05, 4.69) is 98.9 Å². The summed E-state index contributed by atoms with van der Waals surface area (Å²) in [5.41, 5.74) is 2.48. The Kier molecular flexibility index (Phi) is 17.0. The Morgan fingerprint density at radius 3 is 2.06 bits per heavy atom. The number of esters is 1. The highest BCUT2D eigenvalue weighted by molar-refractivity contribution is 6.74. The fourth-order valence-corrected chi connectivity index (χ4v) is 7.60. The van der Waals surface area contributed by atoms with Crippen LogP contribution in [0.3, 0.4) is 0 Å². The maximum atomic E-state index is 12.8. The molecule has 0 N–H and O–H groups in total. The van der Waals surface area contributed by atoms with Crippen molar-refractivity contribution in [2.24, 2.45) is 5.92 Å². The molecule has 0 fully saturated rings. The zero-order valence-corrected chi connectivity index (χ0v) is 35.7. The number of carbonyl (C=O) groups excluding carboxylic acids is 1. The maximum Gasteiger partial charge on any atom is 0.342 e. The molecule has 9 heteroatoms. The Hall–Kier alpha value is -2.44. The molecule has 0 aliphatic carbocycles. The Balaban J connectivity index is 2.31. The number of hydrogen-bond donors (Lipinski definition) is 0. The van der Waals surface area contributed by atoms with Crippen molar-refractivity contribution in [3.05, 3.63) is 71.3 Å². The van der Waals surface area contributed by atoms with Gasteiger partial charge in [-0.2, -0.15) is 0 Å². The largest absolute Gasteiger partial charge is 0.497 e. The van der Waals surface area contributed by atoms with Crippen LogP contribution in [0, 0.1) is 5.92 Å². The average Bonchev–Trinajstić information content (AvgIpc) is 3.03. The van der Waals surface area contributed by atoms with Crippen molar-refractivity contribution < 1.29 is 32.6 Å². The third kappa shape index (κ3) is 13.3. The summed E-state index contributed by atoms with van der Waals surface area (Å²) < 4.78 is 36.7. The van der Waals surface area contributed by atoms with Gasteiger partial charge in [0, 0.05) is 6.61 Å². The van der Waals surface area contributed by atoms with Crippen molar-refractivity contribution in [1.82, 2.24) is 0 Å². The van der Waals surface area contributed by atoms with Crippen molar-refractivity contribution in [2.45, 2.75) is 136 Å². The van der Waals surface area contributed by atoms with E-state index in [1.807, 2.05) is 31.2 Å². The standard InChI is InChI=1S/C41H68O7Si2/c1-15-45-39(42)38-33(21-18-22-36(38)44-10)20-17-16-19-31(2)37(48-50(13,14)41(6,7)8)29-35(27-28-47-49(11,12)40(3,4)5)46-30-32-23-25-34(43-9)26-24-32/h16-18,21-26,31,35,37H,15,19-20,27-30H2,1-14H3/t31-,35-,37+/m1/s1. The highest BCUT2D eigenvalue weighted by Crippen LogP contribution is 2.40. The van der Waals surface area contributed by atoms with E-state index in [4.69, 9.17) is 27.8 Å². The SMILES string of the molecule is CCOC(=O)c1c(CC=CC[C@@H](C)[C@H](C[C@@H](CCO[Si](C)(C)C(C)(C)C)OCc2ccc(OC)cc2)O[Si](C)(C)C(C)(C)C)cccc1OC. The fraction of sp³-hybridized carbons (Fsp3) is 0.634. The number of ether oxygens (including phenoxy) is 4. The van der Waals surface area contributed by atoms with Gasteiger partial charge in [0.1, 0.15) is 17.1 Å². The number of rotatable bonds is 20. The summed E-state index contributed by atoms with van der Waals surface area (Å²) in [6.07, 6.45) is 7.34. The molecule has 0 heterocycles. The molecule has 0 spiro atoms. The van der Waals surface area contributed by atoms with Crippen LogP contribution in [0.25, 0.3) is 0 Å². The normalized spacial score (nSPS) is 14.8. The molecule has 0 radical (unpaired) electrons. The average molecular weight is 729 g/mol. The Morgan fingerprint density at radius 2 is 1.50 bits per heavy atom. The second kappa shape index (κ2) is 19.4. The lowest BCUT2D eigenvalue weighted by atomic mass is 9.94. The van der Waals surface area contributed by atoms with Crippen LogP contribution in [0.5, 0.6) is 11.5 Å². The van der Waals surface area contributed by atoms with Crippen LogP contribution in [-0.2, 0) is 31.4 Å². The molecule has 0 saturated heterocycles. The van der Waals surface area contributed by atoms with Crippen molar-refractivity contribution in [1.29, 1.82) is 0 Å². The number of carbonyl (C=O) groups is 1. The minimum absolute atomic E-state index is 0.00110. The van der Waals surface area contributed by atoms with Crippen LogP contribution < -0.4 is 9.47 Å². The molecular weight excluding hydrogens is 661 g/mol. The predicted molar refractivity (Wildman–Crippen MR) is 212 cm³/mol. The topological polar surface area (TPSA) is 72.5 Å². The van der Waals surface area contributed by atoms with Gasteiger partial charge < -0.3 is 27.8 Å². The molecule has 0 aromatic heterocycles. The maximum absolute atomic E-state index is 12.8. The molecule has 0 bridgehead atoms. The summed E-state index contributed by atoms with van der Waals surface area (Å²) in [7, 11) is -0.747. The van der Waals surface area contributed by atoms with Gasteiger partial charge in [-0.05, 0) is 104 Å². The minimum atomic E-state index is -2.10.